The summed E-state index contributed by atoms with van der Waals surface area (Å²) in [7, 11) is -0.302. The molecule has 0 radical (unpaired) electrons. The second-order valence-electron chi connectivity index (χ2n) is 12.1. The van der Waals surface area contributed by atoms with Crippen LogP contribution in [0, 0.1) is 0 Å². The van der Waals surface area contributed by atoms with Crippen LogP contribution in [0.15, 0.2) is 30.3 Å². The van der Waals surface area contributed by atoms with Gasteiger partial charge in [0.05, 0.1) is 11.2 Å². The highest BCUT2D eigenvalue weighted by Gasteiger charge is 2.55. The molecular formula is C27H43BN2O6. The van der Waals surface area contributed by atoms with Crippen LogP contribution in [0.5, 0.6) is 0 Å². The third-order valence-corrected chi connectivity index (χ3v) is 7.32. The molecule has 2 aliphatic heterocycles. The second-order valence-corrected chi connectivity index (χ2v) is 12.1. The van der Waals surface area contributed by atoms with E-state index in [0.717, 1.165) is 12.0 Å². The summed E-state index contributed by atoms with van der Waals surface area (Å²) in [5.41, 5.74) is 4.56. The second kappa shape index (κ2) is 10.7. The number of ether oxygens (including phenoxy) is 2. The van der Waals surface area contributed by atoms with Crippen LogP contribution in [0.4, 0.5) is 4.79 Å². The van der Waals surface area contributed by atoms with E-state index in [1.807, 2.05) is 58.0 Å². The van der Waals surface area contributed by atoms with Crippen molar-refractivity contribution in [1.29, 1.82) is 0 Å². The Morgan fingerprint density at radius 3 is 2.28 bits per heavy atom. The van der Waals surface area contributed by atoms with Crippen LogP contribution in [0.2, 0.25) is 6.32 Å². The van der Waals surface area contributed by atoms with Gasteiger partial charge in [0, 0.05) is 12.6 Å². The summed E-state index contributed by atoms with van der Waals surface area (Å²) in [4.78, 5) is 28.3. The van der Waals surface area contributed by atoms with Gasteiger partial charge in [-0.2, -0.15) is 0 Å². The van der Waals surface area contributed by atoms with Gasteiger partial charge in [0.15, 0.2) is 0 Å². The van der Waals surface area contributed by atoms with Gasteiger partial charge >= 0.3 is 19.2 Å². The molecule has 8 nitrogen and oxygen atoms in total. The summed E-state index contributed by atoms with van der Waals surface area (Å²) in [5.74, 6) is -0.444. The zero-order chi connectivity index (χ0) is 26.8. The maximum atomic E-state index is 13.6. The van der Waals surface area contributed by atoms with Crippen molar-refractivity contribution in [2.75, 3.05) is 6.54 Å². The van der Waals surface area contributed by atoms with Crippen molar-refractivity contribution in [3.05, 3.63) is 35.9 Å². The zero-order valence-corrected chi connectivity index (χ0v) is 23.0. The lowest BCUT2D eigenvalue weighted by Crippen LogP contribution is -2.55. The molecule has 2 aliphatic rings. The molecule has 2 atom stereocenters. The number of likely N-dealkylation sites (tertiary alicyclic amines) is 1. The fourth-order valence-electron chi connectivity index (χ4n) is 4.79. The molecule has 2 fully saturated rings. The normalized spacial score (nSPS) is 25.2. The van der Waals surface area contributed by atoms with Crippen LogP contribution in [0.1, 0.15) is 79.7 Å². The Bertz CT molecular complexity index is 901. The Morgan fingerprint density at radius 2 is 1.69 bits per heavy atom. The molecule has 200 valence electrons. The number of nitrogens with two attached hydrogens (primary N) is 1. The van der Waals surface area contributed by atoms with Crippen molar-refractivity contribution >= 4 is 19.2 Å². The Labute approximate surface area is 216 Å². The molecule has 3 rings (SSSR count). The lowest BCUT2D eigenvalue weighted by Gasteiger charge is -2.37. The van der Waals surface area contributed by atoms with Crippen LogP contribution >= 0.6 is 0 Å². The van der Waals surface area contributed by atoms with Gasteiger partial charge in [-0.05, 0) is 73.2 Å². The van der Waals surface area contributed by atoms with Crippen molar-refractivity contribution in [3.8, 4) is 0 Å². The molecular weight excluding hydrogens is 459 g/mol. The Balaban J connectivity index is 1.72. The van der Waals surface area contributed by atoms with Gasteiger partial charge in [0.25, 0.3) is 0 Å². The highest BCUT2D eigenvalue weighted by atomic mass is 16.7. The van der Waals surface area contributed by atoms with Crippen LogP contribution in [0.3, 0.4) is 0 Å². The highest BCUT2D eigenvalue weighted by Crippen LogP contribution is 2.40. The number of esters is 1. The van der Waals surface area contributed by atoms with E-state index in [9.17, 15) is 9.59 Å². The SMILES string of the molecule is CC(C)(C)OC(=O)N1C[C@H](N)C[C@]1(CCCCB1OC(C)(C)C(C)(C)O1)C(=O)OCc1ccccc1. The van der Waals surface area contributed by atoms with E-state index in [4.69, 9.17) is 24.5 Å². The Kier molecular flexibility index (Phi) is 8.48. The van der Waals surface area contributed by atoms with Crippen molar-refractivity contribution in [2.24, 2.45) is 5.73 Å². The maximum absolute atomic E-state index is 13.6. The standard InChI is InChI=1S/C27H43BN2O6/c1-24(2,3)34-23(32)30-18-21(29)17-27(30,22(31)33-19-20-13-9-8-10-14-20)15-11-12-16-28-35-25(4,5)26(6,7)36-28/h8-10,13-14,21H,11-12,15-19,29H2,1-7H3/t21-,27-/m1/s1. The van der Waals surface area contributed by atoms with E-state index >= 15 is 0 Å². The number of hydrogen-bond acceptors (Lipinski definition) is 7. The molecule has 0 saturated carbocycles. The molecule has 1 aromatic carbocycles. The molecule has 2 N–H and O–H groups in total. The molecule has 0 aromatic heterocycles. The molecule has 2 saturated heterocycles. The summed E-state index contributed by atoms with van der Waals surface area (Å²) >= 11 is 0. The molecule has 0 spiro atoms. The fraction of sp³-hybridized carbons (Fsp3) is 0.704. The van der Waals surface area contributed by atoms with Gasteiger partial charge in [-0.1, -0.05) is 43.2 Å². The number of carbonyl (C=O) groups is 2. The monoisotopic (exact) mass is 502 g/mol. The van der Waals surface area contributed by atoms with Crippen molar-refractivity contribution in [3.63, 3.8) is 0 Å². The average molecular weight is 502 g/mol. The van der Waals surface area contributed by atoms with Crippen LogP contribution in [0.25, 0.3) is 0 Å². The predicted octanol–water partition coefficient (Wildman–Crippen LogP) is 4.70. The number of carbonyl (C=O) groups excluding carboxylic acids is 2. The summed E-state index contributed by atoms with van der Waals surface area (Å²) in [6.07, 6.45) is 2.35. The minimum atomic E-state index is -1.17. The van der Waals surface area contributed by atoms with Gasteiger partial charge in [0.2, 0.25) is 0 Å². The van der Waals surface area contributed by atoms with Gasteiger partial charge < -0.3 is 24.5 Å². The average Bonchev–Trinajstić information content (AvgIpc) is 3.21. The van der Waals surface area contributed by atoms with Crippen molar-refractivity contribution in [2.45, 2.75) is 115 Å². The zero-order valence-electron chi connectivity index (χ0n) is 23.0. The largest absolute Gasteiger partial charge is 0.459 e. The summed E-state index contributed by atoms with van der Waals surface area (Å²) in [5, 5.41) is 0. The highest BCUT2D eigenvalue weighted by molar-refractivity contribution is 6.45. The summed E-state index contributed by atoms with van der Waals surface area (Å²) in [6, 6.07) is 9.16. The number of nitrogens with zero attached hydrogens (tertiary/aromatic N) is 1. The van der Waals surface area contributed by atoms with Crippen molar-refractivity contribution < 1.29 is 28.4 Å². The molecule has 36 heavy (non-hydrogen) atoms. The first-order valence-corrected chi connectivity index (χ1v) is 13.0. The Hall–Kier alpha value is -2.10. The number of hydrogen-bond donors (Lipinski definition) is 1. The first kappa shape index (κ1) is 28.5. The third kappa shape index (κ3) is 6.61. The fourth-order valence-corrected chi connectivity index (χ4v) is 4.79. The molecule has 0 unspecified atom stereocenters. The third-order valence-electron chi connectivity index (χ3n) is 7.32. The number of unbranched alkanes of at least 4 members (excludes halogenated alkanes) is 1. The van der Waals surface area contributed by atoms with Gasteiger partial charge in [-0.15, -0.1) is 0 Å². The van der Waals surface area contributed by atoms with E-state index in [1.54, 1.807) is 20.8 Å². The molecule has 1 aromatic rings. The Morgan fingerprint density at radius 1 is 1.08 bits per heavy atom. The topological polar surface area (TPSA) is 100 Å². The van der Waals surface area contributed by atoms with E-state index < -0.39 is 23.2 Å². The van der Waals surface area contributed by atoms with E-state index in [-0.39, 0.29) is 37.5 Å². The summed E-state index contributed by atoms with van der Waals surface area (Å²) in [6.45, 7) is 13.9. The van der Waals surface area contributed by atoms with Crippen molar-refractivity contribution in [1.82, 2.24) is 4.90 Å². The maximum Gasteiger partial charge on any atom is 0.457 e. The van der Waals surface area contributed by atoms with Gasteiger partial charge in [-0.3, -0.25) is 4.90 Å². The molecule has 1 amide bonds. The van der Waals surface area contributed by atoms with Crippen LogP contribution < -0.4 is 5.73 Å². The van der Waals surface area contributed by atoms with E-state index in [2.05, 4.69) is 0 Å². The minimum absolute atomic E-state index is 0.132. The minimum Gasteiger partial charge on any atom is -0.459 e. The first-order chi connectivity index (χ1) is 16.7. The van der Waals surface area contributed by atoms with E-state index in [1.165, 1.54) is 4.90 Å². The molecule has 0 bridgehead atoms. The van der Waals surface area contributed by atoms with Gasteiger partial charge in [0.1, 0.15) is 17.7 Å². The lowest BCUT2D eigenvalue weighted by atomic mass is 9.80. The smallest absolute Gasteiger partial charge is 0.457 e. The molecule has 2 heterocycles. The number of benzene rings is 1. The predicted molar refractivity (Wildman–Crippen MR) is 139 cm³/mol. The molecule has 0 aliphatic carbocycles. The van der Waals surface area contributed by atoms with Crippen LogP contribution in [-0.2, 0) is 30.2 Å². The van der Waals surface area contributed by atoms with E-state index in [0.29, 0.717) is 25.6 Å². The summed E-state index contributed by atoms with van der Waals surface area (Å²) < 4.78 is 23.6. The first-order valence-electron chi connectivity index (χ1n) is 13.0. The molecule has 9 heteroatoms. The number of rotatable bonds is 8. The van der Waals surface area contributed by atoms with Gasteiger partial charge in [-0.25, -0.2) is 9.59 Å². The quantitative estimate of drug-likeness (QED) is 0.313. The lowest BCUT2D eigenvalue weighted by molar-refractivity contribution is -0.158. The number of amides is 1. The van der Waals surface area contributed by atoms with Crippen LogP contribution in [-0.4, -0.2) is 59.0 Å².